The molecule has 0 aromatic carbocycles. The molecule has 1 aliphatic rings. The van der Waals surface area contributed by atoms with Crippen LogP contribution in [0.25, 0.3) is 0 Å². The van der Waals surface area contributed by atoms with Gasteiger partial charge >= 0.3 is 11.9 Å². The van der Waals surface area contributed by atoms with E-state index >= 15 is 0 Å². The Bertz CT molecular complexity index is 228. The molecule has 5 heteroatoms. The van der Waals surface area contributed by atoms with Crippen molar-refractivity contribution in [1.82, 2.24) is 0 Å². The maximum absolute atomic E-state index is 11.0. The molecule has 1 aliphatic carbocycles. The highest BCUT2D eigenvalue weighted by molar-refractivity contribution is 5.81. The van der Waals surface area contributed by atoms with Gasteiger partial charge in [-0.25, -0.2) is 0 Å². The van der Waals surface area contributed by atoms with E-state index in [-0.39, 0.29) is 17.8 Å². The molecule has 0 spiro atoms. The van der Waals surface area contributed by atoms with Crippen LogP contribution in [-0.4, -0.2) is 32.2 Å². The number of ether oxygens (including phenoxy) is 2. The van der Waals surface area contributed by atoms with Crippen LogP contribution in [0.2, 0.25) is 0 Å². The molecule has 0 aliphatic heterocycles. The van der Waals surface area contributed by atoms with Crippen molar-refractivity contribution in [3.63, 3.8) is 0 Å². The number of hydrogen-bond acceptors (Lipinski definition) is 5. The largest absolute Gasteiger partial charge is 0.469 e. The standard InChI is InChI=1S/C8H13NO4/c1-12-7(10)5-3-4(5)6(9)8(11)13-2/h4-6H,3,9H2,1-2H3/t4-,5+,6+/m0/s1. The Morgan fingerprint density at radius 2 is 2.00 bits per heavy atom. The van der Waals surface area contributed by atoms with E-state index in [9.17, 15) is 9.59 Å². The van der Waals surface area contributed by atoms with Crippen molar-refractivity contribution in [2.24, 2.45) is 17.6 Å². The molecule has 0 heterocycles. The van der Waals surface area contributed by atoms with Crippen molar-refractivity contribution in [3.05, 3.63) is 0 Å². The third-order valence-electron chi connectivity index (χ3n) is 2.28. The van der Waals surface area contributed by atoms with Crippen molar-refractivity contribution in [3.8, 4) is 0 Å². The molecule has 13 heavy (non-hydrogen) atoms. The molecule has 0 aromatic rings. The van der Waals surface area contributed by atoms with Gasteiger partial charge < -0.3 is 15.2 Å². The molecular formula is C8H13NO4. The monoisotopic (exact) mass is 187 g/mol. The third-order valence-corrected chi connectivity index (χ3v) is 2.28. The highest BCUT2D eigenvalue weighted by Gasteiger charge is 2.50. The number of nitrogens with two attached hydrogens (primary N) is 1. The Morgan fingerprint density at radius 3 is 2.46 bits per heavy atom. The predicted molar refractivity (Wildman–Crippen MR) is 43.6 cm³/mol. The van der Waals surface area contributed by atoms with Crippen molar-refractivity contribution < 1.29 is 19.1 Å². The van der Waals surface area contributed by atoms with Gasteiger partial charge in [0.05, 0.1) is 20.1 Å². The first-order chi connectivity index (χ1) is 6.11. The number of hydrogen-bond donors (Lipinski definition) is 1. The fourth-order valence-electron chi connectivity index (χ4n) is 1.34. The zero-order valence-corrected chi connectivity index (χ0v) is 7.65. The van der Waals surface area contributed by atoms with Gasteiger partial charge in [-0.05, 0) is 12.3 Å². The van der Waals surface area contributed by atoms with Crippen LogP contribution in [0.4, 0.5) is 0 Å². The summed E-state index contributed by atoms with van der Waals surface area (Å²) in [6, 6.07) is -0.700. The molecule has 1 rings (SSSR count). The summed E-state index contributed by atoms with van der Waals surface area (Å²) in [5, 5.41) is 0. The highest BCUT2D eigenvalue weighted by Crippen LogP contribution is 2.41. The minimum absolute atomic E-state index is 0.111. The number of esters is 2. The Labute approximate surface area is 76.2 Å². The minimum atomic E-state index is -0.700. The zero-order chi connectivity index (χ0) is 10.0. The summed E-state index contributed by atoms with van der Waals surface area (Å²) >= 11 is 0. The van der Waals surface area contributed by atoms with Crippen LogP contribution in [0.3, 0.4) is 0 Å². The molecule has 0 aromatic heterocycles. The molecule has 74 valence electrons. The lowest BCUT2D eigenvalue weighted by atomic mass is 10.1. The summed E-state index contributed by atoms with van der Waals surface area (Å²) in [4.78, 5) is 21.9. The molecule has 5 nitrogen and oxygen atoms in total. The van der Waals surface area contributed by atoms with Gasteiger partial charge in [0.25, 0.3) is 0 Å². The second kappa shape index (κ2) is 3.74. The predicted octanol–water partition coefficient (Wildman–Crippen LogP) is -0.704. The fraction of sp³-hybridized carbons (Fsp3) is 0.750. The summed E-state index contributed by atoms with van der Waals surface area (Å²) in [6.07, 6.45) is 0.614. The number of carbonyl (C=O) groups excluding carboxylic acids is 2. The van der Waals surface area contributed by atoms with E-state index in [1.807, 2.05) is 0 Å². The molecular weight excluding hydrogens is 174 g/mol. The normalized spacial score (nSPS) is 27.6. The average Bonchev–Trinajstić information content (AvgIpc) is 2.93. The first-order valence-corrected chi connectivity index (χ1v) is 4.03. The molecule has 2 N–H and O–H groups in total. The summed E-state index contributed by atoms with van der Waals surface area (Å²) in [7, 11) is 2.60. The van der Waals surface area contributed by atoms with Crippen LogP contribution < -0.4 is 5.73 Å². The van der Waals surface area contributed by atoms with Crippen molar-refractivity contribution >= 4 is 11.9 Å². The molecule has 0 saturated heterocycles. The van der Waals surface area contributed by atoms with E-state index in [4.69, 9.17) is 5.73 Å². The van der Waals surface area contributed by atoms with Crippen LogP contribution in [0, 0.1) is 11.8 Å². The second-order valence-corrected chi connectivity index (χ2v) is 3.08. The lowest BCUT2D eigenvalue weighted by Crippen LogP contribution is -2.34. The summed E-state index contributed by atoms with van der Waals surface area (Å²) in [5.74, 6) is -1.11. The maximum atomic E-state index is 11.0. The molecule has 0 amide bonds. The van der Waals surface area contributed by atoms with Crippen LogP contribution >= 0.6 is 0 Å². The lowest BCUT2D eigenvalue weighted by Gasteiger charge is -2.07. The quantitative estimate of drug-likeness (QED) is 0.591. The van der Waals surface area contributed by atoms with Gasteiger partial charge in [-0.1, -0.05) is 0 Å². The zero-order valence-electron chi connectivity index (χ0n) is 7.65. The minimum Gasteiger partial charge on any atom is -0.469 e. The Balaban J connectivity index is 2.42. The Hall–Kier alpha value is -1.10. The van der Waals surface area contributed by atoms with Gasteiger partial charge in [-0.2, -0.15) is 0 Å². The van der Waals surface area contributed by atoms with Gasteiger partial charge in [0, 0.05) is 0 Å². The van der Waals surface area contributed by atoms with Gasteiger partial charge in [0.15, 0.2) is 0 Å². The number of carbonyl (C=O) groups is 2. The third kappa shape index (κ3) is 1.98. The van der Waals surface area contributed by atoms with Crippen molar-refractivity contribution in [2.75, 3.05) is 14.2 Å². The Kier molecular flexibility index (Phi) is 2.87. The number of methoxy groups -OCH3 is 2. The van der Waals surface area contributed by atoms with Gasteiger partial charge in [-0.3, -0.25) is 9.59 Å². The Morgan fingerprint density at radius 1 is 1.38 bits per heavy atom. The SMILES string of the molecule is COC(=O)[C@H](N)[C@H]1C[C@H]1C(=O)OC. The van der Waals surface area contributed by atoms with Crippen LogP contribution in [0.5, 0.6) is 0 Å². The van der Waals surface area contributed by atoms with Gasteiger partial charge in [0.1, 0.15) is 6.04 Å². The molecule has 1 saturated carbocycles. The fourth-order valence-corrected chi connectivity index (χ4v) is 1.34. The molecule has 0 radical (unpaired) electrons. The van der Waals surface area contributed by atoms with Crippen LogP contribution in [0.1, 0.15) is 6.42 Å². The van der Waals surface area contributed by atoms with Crippen LogP contribution in [-0.2, 0) is 19.1 Å². The smallest absolute Gasteiger partial charge is 0.322 e. The van der Waals surface area contributed by atoms with E-state index < -0.39 is 12.0 Å². The van der Waals surface area contributed by atoms with Crippen molar-refractivity contribution in [1.29, 1.82) is 0 Å². The van der Waals surface area contributed by atoms with Gasteiger partial charge in [-0.15, -0.1) is 0 Å². The van der Waals surface area contributed by atoms with E-state index in [1.54, 1.807) is 0 Å². The second-order valence-electron chi connectivity index (χ2n) is 3.08. The van der Waals surface area contributed by atoms with E-state index in [1.165, 1.54) is 14.2 Å². The van der Waals surface area contributed by atoms with Crippen molar-refractivity contribution in [2.45, 2.75) is 12.5 Å². The first-order valence-electron chi connectivity index (χ1n) is 4.03. The molecule has 3 atom stereocenters. The summed E-state index contributed by atoms with van der Waals surface area (Å²) < 4.78 is 8.98. The summed E-state index contributed by atoms with van der Waals surface area (Å²) in [6.45, 7) is 0. The maximum Gasteiger partial charge on any atom is 0.322 e. The molecule has 0 unspecified atom stereocenters. The molecule has 0 bridgehead atoms. The van der Waals surface area contributed by atoms with E-state index in [0.29, 0.717) is 6.42 Å². The van der Waals surface area contributed by atoms with Gasteiger partial charge in [0.2, 0.25) is 0 Å². The topological polar surface area (TPSA) is 78.6 Å². The molecule has 1 fully saturated rings. The average molecular weight is 187 g/mol. The summed E-state index contributed by atoms with van der Waals surface area (Å²) in [5.41, 5.74) is 5.53. The lowest BCUT2D eigenvalue weighted by molar-refractivity contribution is -0.144. The van der Waals surface area contributed by atoms with E-state index in [2.05, 4.69) is 9.47 Å². The number of rotatable bonds is 3. The van der Waals surface area contributed by atoms with E-state index in [0.717, 1.165) is 0 Å². The first kappa shape index (κ1) is 9.98. The highest BCUT2D eigenvalue weighted by atomic mass is 16.5. The van der Waals surface area contributed by atoms with Crippen LogP contribution in [0.15, 0.2) is 0 Å².